The molecule has 1 aromatic carbocycles. The van der Waals surface area contributed by atoms with Crippen LogP contribution in [0.25, 0.3) is 11.0 Å². The number of rotatable bonds is 2. The molecule has 2 heterocycles. The van der Waals surface area contributed by atoms with E-state index >= 15 is 0 Å². The van der Waals surface area contributed by atoms with Crippen molar-refractivity contribution in [2.45, 2.75) is 6.92 Å². The van der Waals surface area contributed by atoms with Crippen LogP contribution in [-0.2, 0) is 0 Å². The number of hydrogen-bond acceptors (Lipinski definition) is 6. The van der Waals surface area contributed by atoms with Gasteiger partial charge in [0.2, 0.25) is 5.13 Å². The number of hydrogen-bond donors (Lipinski definition) is 1. The maximum absolute atomic E-state index is 11.5. The molecule has 0 atom stereocenters. The molecule has 0 saturated heterocycles. The monoisotopic (exact) mass is 286 g/mol. The minimum absolute atomic E-state index is 0.00607. The number of fused-ring (bicyclic) bond motifs is 1. The van der Waals surface area contributed by atoms with E-state index < -0.39 is 5.63 Å². The summed E-state index contributed by atoms with van der Waals surface area (Å²) in [4.78, 5) is 19.7. The van der Waals surface area contributed by atoms with Gasteiger partial charge in [-0.3, -0.25) is 0 Å². The number of benzene rings is 1. The van der Waals surface area contributed by atoms with E-state index in [0.717, 1.165) is 10.9 Å². The second kappa shape index (κ2) is 4.90. The molecule has 3 rings (SSSR count). The molecule has 0 unspecified atom stereocenters. The Kier molecular flexibility index (Phi) is 3.08. The lowest BCUT2D eigenvalue weighted by molar-refractivity contribution is 0.472. The Bertz CT molecular complexity index is 851. The predicted octanol–water partition coefficient (Wildman–Crippen LogP) is 3.01. The van der Waals surface area contributed by atoms with Gasteiger partial charge >= 0.3 is 5.63 Å². The fourth-order valence-corrected chi connectivity index (χ4v) is 2.40. The molecule has 6 heteroatoms. The summed E-state index contributed by atoms with van der Waals surface area (Å²) >= 11 is 1.38. The van der Waals surface area contributed by atoms with Crippen LogP contribution in [0.4, 0.5) is 5.13 Å². The molecule has 0 aliphatic heterocycles. The summed E-state index contributed by atoms with van der Waals surface area (Å²) in [6.45, 7) is 1.82. The molecule has 0 radical (unpaired) electrons. The number of nitrogens with zero attached hydrogens (tertiary/aromatic N) is 2. The SMILES string of the molecule is Cc1cc(=O)oc2c(/C=N/c3nccs3)c(O)ccc12. The molecule has 0 amide bonds. The topological polar surface area (TPSA) is 75.7 Å². The van der Waals surface area contributed by atoms with E-state index in [-0.39, 0.29) is 5.75 Å². The van der Waals surface area contributed by atoms with Gasteiger partial charge in [-0.05, 0) is 24.6 Å². The lowest BCUT2D eigenvalue weighted by Gasteiger charge is -2.05. The van der Waals surface area contributed by atoms with E-state index in [2.05, 4.69) is 9.98 Å². The van der Waals surface area contributed by atoms with Crippen LogP contribution in [0, 0.1) is 6.92 Å². The third-order valence-electron chi connectivity index (χ3n) is 2.86. The molecule has 0 saturated carbocycles. The molecule has 0 spiro atoms. The molecule has 100 valence electrons. The molecule has 20 heavy (non-hydrogen) atoms. The van der Waals surface area contributed by atoms with Gasteiger partial charge in [-0.25, -0.2) is 14.8 Å². The highest BCUT2D eigenvalue weighted by Gasteiger charge is 2.10. The Morgan fingerprint density at radius 1 is 1.45 bits per heavy atom. The summed E-state index contributed by atoms with van der Waals surface area (Å²) in [6.07, 6.45) is 3.10. The Balaban J connectivity index is 2.23. The van der Waals surface area contributed by atoms with Crippen LogP contribution >= 0.6 is 11.3 Å². The quantitative estimate of drug-likeness (QED) is 0.580. The first-order chi connectivity index (χ1) is 9.65. The van der Waals surface area contributed by atoms with Crippen LogP contribution in [0.3, 0.4) is 0 Å². The van der Waals surface area contributed by atoms with Gasteiger partial charge in [-0.15, -0.1) is 11.3 Å². The molecule has 3 aromatic rings. The van der Waals surface area contributed by atoms with E-state index in [9.17, 15) is 9.90 Å². The Labute approximate surface area is 117 Å². The van der Waals surface area contributed by atoms with E-state index in [4.69, 9.17) is 4.42 Å². The first kappa shape index (κ1) is 12.6. The fourth-order valence-electron chi connectivity index (χ4n) is 1.92. The third-order valence-corrected chi connectivity index (χ3v) is 3.54. The van der Waals surface area contributed by atoms with Crippen molar-refractivity contribution in [3.8, 4) is 5.75 Å². The maximum atomic E-state index is 11.5. The lowest BCUT2D eigenvalue weighted by atomic mass is 10.1. The first-order valence-corrected chi connectivity index (χ1v) is 6.73. The van der Waals surface area contributed by atoms with Crippen molar-refractivity contribution in [2.75, 3.05) is 0 Å². The van der Waals surface area contributed by atoms with E-state index in [1.807, 2.05) is 6.92 Å². The van der Waals surface area contributed by atoms with E-state index in [1.54, 1.807) is 23.7 Å². The smallest absolute Gasteiger partial charge is 0.336 e. The van der Waals surface area contributed by atoms with Crippen LogP contribution in [0.5, 0.6) is 5.75 Å². The van der Waals surface area contributed by atoms with Gasteiger partial charge in [0, 0.05) is 29.2 Å². The summed E-state index contributed by atoms with van der Waals surface area (Å²) in [5.74, 6) is 0.00607. The number of aromatic nitrogens is 1. The number of thiazole rings is 1. The second-order valence-corrected chi connectivity index (χ2v) is 5.07. The highest BCUT2D eigenvalue weighted by atomic mass is 32.1. The van der Waals surface area contributed by atoms with Crippen molar-refractivity contribution in [3.05, 3.63) is 51.3 Å². The fraction of sp³-hybridized carbons (Fsp3) is 0.0714. The molecule has 0 aliphatic carbocycles. The molecule has 5 nitrogen and oxygen atoms in total. The molecule has 0 aliphatic rings. The molecular weight excluding hydrogens is 276 g/mol. The van der Waals surface area contributed by atoms with Crippen molar-refractivity contribution in [1.29, 1.82) is 0 Å². The van der Waals surface area contributed by atoms with Gasteiger partial charge in [0.15, 0.2) is 5.58 Å². The van der Waals surface area contributed by atoms with Crippen LogP contribution in [0.15, 0.2) is 44.0 Å². The predicted molar refractivity (Wildman–Crippen MR) is 78.3 cm³/mol. The molecule has 2 aromatic heterocycles. The summed E-state index contributed by atoms with van der Waals surface area (Å²) in [5.41, 5.74) is 1.04. The molecular formula is C14H10N2O3S. The second-order valence-electron chi connectivity index (χ2n) is 4.20. The van der Waals surface area contributed by atoms with Crippen molar-refractivity contribution < 1.29 is 9.52 Å². The maximum Gasteiger partial charge on any atom is 0.336 e. The summed E-state index contributed by atoms with van der Waals surface area (Å²) in [6, 6.07) is 4.68. The molecule has 1 N–H and O–H groups in total. The Morgan fingerprint density at radius 2 is 2.30 bits per heavy atom. The third kappa shape index (κ3) is 2.21. The highest BCUT2D eigenvalue weighted by molar-refractivity contribution is 7.13. The van der Waals surface area contributed by atoms with Crippen molar-refractivity contribution in [3.63, 3.8) is 0 Å². The van der Waals surface area contributed by atoms with Crippen molar-refractivity contribution >= 4 is 33.7 Å². The van der Waals surface area contributed by atoms with Crippen LogP contribution in [-0.4, -0.2) is 16.3 Å². The summed E-state index contributed by atoms with van der Waals surface area (Å²) in [7, 11) is 0. The number of phenolic OH excluding ortho intramolecular Hbond substituents is 1. The van der Waals surface area contributed by atoms with Gasteiger partial charge in [0.1, 0.15) is 5.75 Å². The van der Waals surface area contributed by atoms with Crippen LogP contribution in [0.2, 0.25) is 0 Å². The van der Waals surface area contributed by atoms with E-state index in [1.165, 1.54) is 23.6 Å². The minimum Gasteiger partial charge on any atom is -0.507 e. The zero-order valence-corrected chi connectivity index (χ0v) is 11.3. The number of phenols is 1. The number of aromatic hydroxyl groups is 1. The van der Waals surface area contributed by atoms with Gasteiger partial charge in [-0.2, -0.15) is 0 Å². The average Bonchev–Trinajstić information content (AvgIpc) is 2.90. The zero-order valence-electron chi connectivity index (χ0n) is 10.5. The molecule has 0 fully saturated rings. The van der Waals surface area contributed by atoms with E-state index in [0.29, 0.717) is 16.3 Å². The molecule has 0 bridgehead atoms. The Hall–Kier alpha value is -2.47. The summed E-state index contributed by atoms with van der Waals surface area (Å²) < 4.78 is 5.20. The van der Waals surface area contributed by atoms with Gasteiger partial charge in [0.05, 0.1) is 5.56 Å². The number of aliphatic imine (C=N–C) groups is 1. The number of aryl methyl sites for hydroxylation is 1. The van der Waals surface area contributed by atoms with Crippen molar-refractivity contribution in [1.82, 2.24) is 4.98 Å². The zero-order chi connectivity index (χ0) is 14.1. The Morgan fingerprint density at radius 3 is 3.05 bits per heavy atom. The van der Waals surface area contributed by atoms with Gasteiger partial charge < -0.3 is 9.52 Å². The van der Waals surface area contributed by atoms with Gasteiger partial charge in [-0.1, -0.05) is 0 Å². The standard InChI is InChI=1S/C14H10N2O3S/c1-8-6-12(18)19-13-9(8)2-3-11(17)10(13)7-16-14-15-4-5-20-14/h2-7,17H,1H3/b16-7+. The minimum atomic E-state index is -0.454. The highest BCUT2D eigenvalue weighted by Crippen LogP contribution is 2.27. The average molecular weight is 286 g/mol. The summed E-state index contributed by atoms with van der Waals surface area (Å²) in [5, 5.41) is 13.1. The van der Waals surface area contributed by atoms with Gasteiger partial charge in [0.25, 0.3) is 0 Å². The first-order valence-electron chi connectivity index (χ1n) is 5.85. The largest absolute Gasteiger partial charge is 0.507 e. The van der Waals surface area contributed by atoms with Crippen LogP contribution < -0.4 is 5.63 Å². The van der Waals surface area contributed by atoms with Crippen LogP contribution in [0.1, 0.15) is 11.1 Å². The lowest BCUT2D eigenvalue weighted by Crippen LogP contribution is -2.00. The normalized spacial score (nSPS) is 11.4. The van der Waals surface area contributed by atoms with Crippen molar-refractivity contribution in [2.24, 2.45) is 4.99 Å².